The number of hydrogen-bond acceptors (Lipinski definition) is 7. The van der Waals surface area contributed by atoms with E-state index in [1.807, 2.05) is 7.05 Å². The minimum absolute atomic E-state index is 0.0559. The third kappa shape index (κ3) is 3.34. The van der Waals surface area contributed by atoms with Crippen molar-refractivity contribution in [2.45, 2.75) is 12.5 Å². The zero-order valence-corrected chi connectivity index (χ0v) is 10.6. The molecular weight excluding hydrogens is 238 g/mol. The Morgan fingerprint density at radius 3 is 3.17 bits per heavy atom. The van der Waals surface area contributed by atoms with Gasteiger partial charge in [-0.15, -0.1) is 0 Å². The van der Waals surface area contributed by atoms with Crippen LogP contribution in [0, 0.1) is 0 Å². The lowest BCUT2D eigenvalue weighted by atomic mass is 10.2. The molecule has 18 heavy (non-hydrogen) atoms. The first-order valence-electron chi connectivity index (χ1n) is 5.82. The molecule has 1 aliphatic heterocycles. The number of nitrogens with zero attached hydrogens (tertiary/aromatic N) is 3. The predicted octanol–water partition coefficient (Wildman–Crippen LogP) is -0.169. The van der Waals surface area contributed by atoms with Crippen molar-refractivity contribution in [1.29, 1.82) is 0 Å². The molecule has 100 valence electrons. The fourth-order valence-electron chi connectivity index (χ4n) is 1.79. The van der Waals surface area contributed by atoms with Crippen LogP contribution in [0.4, 0.5) is 0 Å². The van der Waals surface area contributed by atoms with Gasteiger partial charge in [-0.05, 0) is 7.05 Å². The lowest BCUT2D eigenvalue weighted by Crippen LogP contribution is -2.35. The van der Waals surface area contributed by atoms with E-state index < -0.39 is 0 Å². The van der Waals surface area contributed by atoms with E-state index in [9.17, 15) is 4.79 Å². The molecule has 1 fully saturated rings. The van der Waals surface area contributed by atoms with Gasteiger partial charge in [0.05, 0.1) is 13.0 Å². The van der Waals surface area contributed by atoms with Crippen molar-refractivity contribution < 1.29 is 18.8 Å². The second kappa shape index (κ2) is 6.03. The molecular formula is C11H17N3O4. The predicted molar refractivity (Wildman–Crippen MR) is 61.1 cm³/mol. The van der Waals surface area contributed by atoms with Crippen molar-refractivity contribution in [1.82, 2.24) is 15.0 Å². The topological polar surface area (TPSA) is 77.7 Å². The number of rotatable bonds is 5. The number of carbonyl (C=O) groups is 1. The highest BCUT2D eigenvalue weighted by Gasteiger charge is 2.24. The minimum Gasteiger partial charge on any atom is -0.377 e. The minimum atomic E-state index is -0.182. The van der Waals surface area contributed by atoms with Crippen LogP contribution in [-0.4, -0.2) is 61.3 Å². The van der Waals surface area contributed by atoms with E-state index in [1.165, 1.54) is 7.11 Å². The third-order valence-electron chi connectivity index (χ3n) is 2.70. The number of likely N-dealkylation sites (N-methyl/N-ethyl adjacent to an activating group) is 1. The molecule has 0 bridgehead atoms. The molecule has 2 heterocycles. The molecule has 1 saturated heterocycles. The van der Waals surface area contributed by atoms with Gasteiger partial charge in [0.25, 0.3) is 0 Å². The van der Waals surface area contributed by atoms with Crippen LogP contribution in [-0.2, 0) is 20.7 Å². The third-order valence-corrected chi connectivity index (χ3v) is 2.70. The van der Waals surface area contributed by atoms with E-state index in [4.69, 9.17) is 14.0 Å². The van der Waals surface area contributed by atoms with Crippen molar-refractivity contribution in [2.24, 2.45) is 0 Å². The maximum absolute atomic E-state index is 11.4. The van der Waals surface area contributed by atoms with Gasteiger partial charge in [-0.25, -0.2) is 0 Å². The highest BCUT2D eigenvalue weighted by atomic mass is 16.5. The van der Waals surface area contributed by atoms with Crippen molar-refractivity contribution in [3.8, 4) is 0 Å². The molecule has 1 aliphatic rings. The van der Waals surface area contributed by atoms with Crippen LogP contribution in [0.1, 0.15) is 17.8 Å². The molecule has 2 rings (SSSR count). The van der Waals surface area contributed by atoms with Crippen molar-refractivity contribution in [3.63, 3.8) is 0 Å². The van der Waals surface area contributed by atoms with Gasteiger partial charge in [0, 0.05) is 20.2 Å². The summed E-state index contributed by atoms with van der Waals surface area (Å²) in [5, 5.41) is 3.86. The van der Waals surface area contributed by atoms with Crippen LogP contribution in [0.5, 0.6) is 0 Å². The second-order valence-electron chi connectivity index (χ2n) is 4.32. The fourth-order valence-corrected chi connectivity index (χ4v) is 1.79. The molecule has 0 radical (unpaired) electrons. The Morgan fingerprint density at radius 2 is 2.44 bits per heavy atom. The number of Topliss-reactive ketones (excluding diaryl/α,β-unsaturated/α-hetero) is 1. The molecule has 0 spiro atoms. The zero-order chi connectivity index (χ0) is 13.0. The maximum Gasteiger partial charge on any atom is 0.234 e. The summed E-state index contributed by atoms with van der Waals surface area (Å²) in [6.45, 7) is 2.33. The van der Waals surface area contributed by atoms with Crippen molar-refractivity contribution >= 4 is 5.78 Å². The molecule has 1 aromatic heterocycles. The molecule has 7 nitrogen and oxygen atoms in total. The number of hydrogen-bond donors (Lipinski definition) is 0. The van der Waals surface area contributed by atoms with E-state index in [1.54, 1.807) is 0 Å². The average Bonchev–Trinajstić information content (AvgIpc) is 2.78. The number of aromatic nitrogens is 2. The number of ether oxygens (including phenoxy) is 2. The Bertz CT molecular complexity index is 407. The SMILES string of the molecule is COCC(=O)Cc1nc(C2CN(C)CCO2)no1. The summed E-state index contributed by atoms with van der Waals surface area (Å²) in [6, 6.07) is 0. The number of methoxy groups -OCH3 is 1. The summed E-state index contributed by atoms with van der Waals surface area (Å²) in [5.74, 6) is 0.722. The number of morpholine rings is 1. The first-order valence-corrected chi connectivity index (χ1v) is 5.82. The molecule has 1 unspecified atom stereocenters. The van der Waals surface area contributed by atoms with Gasteiger partial charge in [-0.1, -0.05) is 5.16 Å². The smallest absolute Gasteiger partial charge is 0.234 e. The van der Waals surface area contributed by atoms with Crippen LogP contribution in [0.3, 0.4) is 0 Å². The Hall–Kier alpha value is -1.31. The quantitative estimate of drug-likeness (QED) is 0.722. The highest BCUT2D eigenvalue weighted by molar-refractivity contribution is 5.81. The lowest BCUT2D eigenvalue weighted by Gasteiger charge is -2.27. The summed E-state index contributed by atoms with van der Waals surface area (Å²) < 4.78 is 15.3. The normalized spacial score (nSPS) is 21.1. The van der Waals surface area contributed by atoms with Gasteiger partial charge in [0.1, 0.15) is 12.7 Å². The number of carbonyl (C=O) groups excluding carboxylic acids is 1. The van der Waals surface area contributed by atoms with Gasteiger partial charge in [0.15, 0.2) is 5.78 Å². The molecule has 1 aromatic rings. The molecule has 0 aromatic carbocycles. The summed E-state index contributed by atoms with van der Waals surface area (Å²) >= 11 is 0. The Morgan fingerprint density at radius 1 is 1.61 bits per heavy atom. The fraction of sp³-hybridized carbons (Fsp3) is 0.727. The number of ketones is 1. The van der Waals surface area contributed by atoms with E-state index >= 15 is 0 Å². The lowest BCUT2D eigenvalue weighted by molar-refractivity contribution is -0.122. The van der Waals surface area contributed by atoms with Crippen molar-refractivity contribution in [3.05, 3.63) is 11.7 Å². The summed E-state index contributed by atoms with van der Waals surface area (Å²) in [5.41, 5.74) is 0. The summed E-state index contributed by atoms with van der Waals surface area (Å²) in [6.07, 6.45) is -0.0811. The Balaban J connectivity index is 1.95. The van der Waals surface area contributed by atoms with Gasteiger partial charge < -0.3 is 18.9 Å². The van der Waals surface area contributed by atoms with Crippen LogP contribution < -0.4 is 0 Å². The first kappa shape index (κ1) is 13.1. The Kier molecular flexibility index (Phi) is 4.40. The molecule has 0 amide bonds. The van der Waals surface area contributed by atoms with Crippen LogP contribution in [0.15, 0.2) is 4.52 Å². The molecule has 7 heteroatoms. The van der Waals surface area contributed by atoms with Gasteiger partial charge in [-0.3, -0.25) is 4.79 Å². The zero-order valence-electron chi connectivity index (χ0n) is 10.6. The standard InChI is InChI=1S/C11H17N3O4/c1-14-3-4-17-9(6-14)11-12-10(18-13-11)5-8(15)7-16-2/h9H,3-7H2,1-2H3. The van der Waals surface area contributed by atoms with E-state index in [0.29, 0.717) is 18.3 Å². The van der Waals surface area contributed by atoms with Gasteiger partial charge in [0.2, 0.25) is 11.7 Å². The Labute approximate surface area is 105 Å². The molecule has 0 N–H and O–H groups in total. The monoisotopic (exact) mass is 255 g/mol. The van der Waals surface area contributed by atoms with Crippen LogP contribution in [0.25, 0.3) is 0 Å². The molecule has 0 aliphatic carbocycles. The van der Waals surface area contributed by atoms with Crippen LogP contribution in [0.2, 0.25) is 0 Å². The highest BCUT2D eigenvalue weighted by Crippen LogP contribution is 2.18. The maximum atomic E-state index is 11.4. The van der Waals surface area contributed by atoms with Gasteiger partial charge >= 0.3 is 0 Å². The average molecular weight is 255 g/mol. The molecule has 1 atom stereocenters. The van der Waals surface area contributed by atoms with Crippen molar-refractivity contribution in [2.75, 3.05) is 40.5 Å². The van der Waals surface area contributed by atoms with Crippen LogP contribution >= 0.6 is 0 Å². The van der Waals surface area contributed by atoms with E-state index in [2.05, 4.69) is 15.0 Å². The summed E-state index contributed by atoms with van der Waals surface area (Å²) in [7, 11) is 3.49. The first-order chi connectivity index (χ1) is 8.69. The summed E-state index contributed by atoms with van der Waals surface area (Å²) in [4.78, 5) is 17.7. The second-order valence-corrected chi connectivity index (χ2v) is 4.32. The van der Waals surface area contributed by atoms with E-state index in [0.717, 1.165) is 13.1 Å². The largest absolute Gasteiger partial charge is 0.377 e. The van der Waals surface area contributed by atoms with E-state index in [-0.39, 0.29) is 24.9 Å². The van der Waals surface area contributed by atoms with Gasteiger partial charge in [-0.2, -0.15) is 4.98 Å². The molecule has 0 saturated carbocycles.